The molecule has 0 amide bonds. The number of allylic oxidation sites excluding steroid dienone is 5. The molecular formula is C29H30O3. The summed E-state index contributed by atoms with van der Waals surface area (Å²) in [7, 11) is 0. The Labute approximate surface area is 190 Å². The molecule has 2 aromatic carbocycles. The van der Waals surface area contributed by atoms with E-state index in [-0.39, 0.29) is 11.8 Å². The second-order valence-electron chi connectivity index (χ2n) is 8.63. The van der Waals surface area contributed by atoms with Crippen molar-refractivity contribution in [2.75, 3.05) is 0 Å². The van der Waals surface area contributed by atoms with E-state index in [9.17, 15) is 9.59 Å². The smallest absolute Gasteiger partial charge is 0.344 e. The van der Waals surface area contributed by atoms with Gasteiger partial charge in [0.05, 0.1) is 5.56 Å². The van der Waals surface area contributed by atoms with Crippen molar-refractivity contribution in [1.82, 2.24) is 0 Å². The van der Waals surface area contributed by atoms with Crippen molar-refractivity contribution in [3.05, 3.63) is 112 Å². The van der Waals surface area contributed by atoms with Gasteiger partial charge < -0.3 is 4.74 Å². The van der Waals surface area contributed by atoms with Gasteiger partial charge in [0.15, 0.2) is 5.78 Å². The van der Waals surface area contributed by atoms with E-state index in [1.165, 1.54) is 11.1 Å². The number of ketones is 1. The Kier molecular flexibility index (Phi) is 7.09. The van der Waals surface area contributed by atoms with Crippen LogP contribution in [0, 0.1) is 26.7 Å². The van der Waals surface area contributed by atoms with Crippen LogP contribution in [0.25, 0.3) is 5.76 Å². The van der Waals surface area contributed by atoms with E-state index in [1.54, 1.807) is 6.07 Å². The van der Waals surface area contributed by atoms with E-state index in [0.717, 1.165) is 34.3 Å². The minimum absolute atomic E-state index is 0.248. The van der Waals surface area contributed by atoms with Crippen LogP contribution in [0.3, 0.4) is 0 Å². The van der Waals surface area contributed by atoms with Crippen LogP contribution in [0.1, 0.15) is 52.4 Å². The summed E-state index contributed by atoms with van der Waals surface area (Å²) in [5.74, 6) is 0.921. The van der Waals surface area contributed by atoms with E-state index in [1.807, 2.05) is 19.1 Å². The van der Waals surface area contributed by atoms with Crippen molar-refractivity contribution in [3.8, 4) is 0 Å². The van der Waals surface area contributed by atoms with Crippen LogP contribution >= 0.6 is 0 Å². The van der Waals surface area contributed by atoms with Crippen molar-refractivity contribution in [2.24, 2.45) is 5.92 Å². The number of cyclic esters (lactones) is 1. The molecule has 0 bridgehead atoms. The van der Waals surface area contributed by atoms with Gasteiger partial charge in [0, 0.05) is 17.6 Å². The van der Waals surface area contributed by atoms with Gasteiger partial charge in [-0.2, -0.15) is 0 Å². The third kappa shape index (κ3) is 5.42. The number of aryl methyl sites for hydroxylation is 3. The van der Waals surface area contributed by atoms with Crippen LogP contribution in [0.5, 0.6) is 0 Å². The van der Waals surface area contributed by atoms with Gasteiger partial charge in [0.25, 0.3) is 0 Å². The van der Waals surface area contributed by atoms with Crippen molar-refractivity contribution in [1.29, 1.82) is 0 Å². The maximum absolute atomic E-state index is 11.4. The zero-order chi connectivity index (χ0) is 23.4. The first-order valence-electron chi connectivity index (χ1n) is 10.8. The number of esters is 1. The molecule has 0 radical (unpaired) electrons. The van der Waals surface area contributed by atoms with Crippen LogP contribution in [-0.4, -0.2) is 11.8 Å². The van der Waals surface area contributed by atoms with Gasteiger partial charge in [-0.05, 0) is 56.4 Å². The average Bonchev–Trinajstić information content (AvgIpc) is 3.19. The fourth-order valence-electron chi connectivity index (χ4n) is 3.74. The van der Waals surface area contributed by atoms with Gasteiger partial charge in [-0.3, -0.25) is 4.79 Å². The SMILES string of the molecule is C=C1CC(=O)C2=CC(C)CC=C12.C=C1OC(=O)c2ccc(C)cc21.Cc1ccc(C)cc1. The summed E-state index contributed by atoms with van der Waals surface area (Å²) >= 11 is 0. The molecular weight excluding hydrogens is 396 g/mol. The van der Waals surface area contributed by atoms with Crippen LogP contribution in [0.15, 0.2) is 84.5 Å². The van der Waals surface area contributed by atoms with Gasteiger partial charge in [-0.1, -0.05) is 79.3 Å². The Hall–Kier alpha value is -3.46. The quantitative estimate of drug-likeness (QED) is 0.433. The summed E-state index contributed by atoms with van der Waals surface area (Å²) in [6.45, 7) is 15.8. The number of carbonyl (C=O) groups excluding carboxylic acids is 2. The molecule has 0 spiro atoms. The molecule has 1 aliphatic heterocycles. The van der Waals surface area contributed by atoms with Crippen LogP contribution < -0.4 is 0 Å². The lowest BCUT2D eigenvalue weighted by atomic mass is 9.92. The van der Waals surface area contributed by atoms with Crippen LogP contribution in [0.4, 0.5) is 0 Å². The molecule has 2 aromatic rings. The highest BCUT2D eigenvalue weighted by Crippen LogP contribution is 2.36. The number of benzene rings is 2. The third-order valence-electron chi connectivity index (χ3n) is 5.62. The average molecular weight is 427 g/mol. The molecule has 2 aliphatic carbocycles. The lowest BCUT2D eigenvalue weighted by molar-refractivity contribution is -0.114. The molecule has 1 saturated carbocycles. The highest BCUT2D eigenvalue weighted by atomic mass is 16.5. The van der Waals surface area contributed by atoms with Crippen LogP contribution in [0.2, 0.25) is 0 Å². The van der Waals surface area contributed by atoms with Crippen molar-refractivity contribution >= 4 is 17.5 Å². The maximum Gasteiger partial charge on any atom is 0.344 e. The van der Waals surface area contributed by atoms with Gasteiger partial charge in [-0.15, -0.1) is 0 Å². The molecule has 164 valence electrons. The molecule has 1 atom stereocenters. The Bertz CT molecular complexity index is 1120. The zero-order valence-electron chi connectivity index (χ0n) is 19.3. The maximum atomic E-state index is 11.4. The Morgan fingerprint density at radius 3 is 2.06 bits per heavy atom. The number of fused-ring (bicyclic) bond motifs is 2. The van der Waals surface area contributed by atoms with Gasteiger partial charge in [-0.25, -0.2) is 4.79 Å². The number of Topliss-reactive ketones (excluding diaryl/α,β-unsaturated/α-hetero) is 1. The minimum Gasteiger partial charge on any atom is -0.423 e. The first-order chi connectivity index (χ1) is 15.2. The second kappa shape index (κ2) is 9.78. The van der Waals surface area contributed by atoms with E-state index in [2.05, 4.69) is 70.3 Å². The highest BCUT2D eigenvalue weighted by Gasteiger charge is 2.28. The second-order valence-corrected chi connectivity index (χ2v) is 8.63. The summed E-state index contributed by atoms with van der Waals surface area (Å²) in [6, 6.07) is 14.0. The topological polar surface area (TPSA) is 43.4 Å². The summed E-state index contributed by atoms with van der Waals surface area (Å²) in [6.07, 6.45) is 5.80. The number of hydrogen-bond donors (Lipinski definition) is 0. The fraction of sp³-hybridized carbons (Fsp3) is 0.241. The largest absolute Gasteiger partial charge is 0.423 e. The van der Waals surface area contributed by atoms with E-state index >= 15 is 0 Å². The summed E-state index contributed by atoms with van der Waals surface area (Å²) < 4.78 is 4.85. The number of ether oxygens (including phenoxy) is 1. The normalized spacial score (nSPS) is 18.3. The fourth-order valence-corrected chi connectivity index (χ4v) is 3.74. The highest BCUT2D eigenvalue weighted by molar-refractivity contribution is 6.07. The van der Waals surface area contributed by atoms with E-state index in [4.69, 9.17) is 4.74 Å². The molecule has 3 heteroatoms. The Morgan fingerprint density at radius 1 is 0.844 bits per heavy atom. The van der Waals surface area contributed by atoms with Gasteiger partial charge in [0.1, 0.15) is 5.76 Å². The summed E-state index contributed by atoms with van der Waals surface area (Å²) in [4.78, 5) is 22.5. The van der Waals surface area contributed by atoms with E-state index < -0.39 is 0 Å². The third-order valence-corrected chi connectivity index (χ3v) is 5.62. The summed E-state index contributed by atoms with van der Waals surface area (Å²) in [5.41, 5.74) is 8.22. The molecule has 0 aromatic heterocycles. The number of carbonyl (C=O) groups is 2. The standard InChI is InChI=1S/C11H12O.C10H8O2.C8H10/c1-7-3-4-9-8(2)6-11(12)10(9)5-7;1-6-3-4-8-9(5-6)7(2)12-10(8)11;1-7-3-5-8(2)6-4-7/h4-5,7H,2-3,6H2,1H3;3-5H,2H2,1H3;3-6H,1-2H3. The molecule has 1 fully saturated rings. The molecule has 3 nitrogen and oxygen atoms in total. The first-order valence-corrected chi connectivity index (χ1v) is 10.8. The summed E-state index contributed by atoms with van der Waals surface area (Å²) in [5, 5.41) is 0. The molecule has 1 heterocycles. The number of rotatable bonds is 0. The first kappa shape index (κ1) is 23.2. The minimum atomic E-state index is -0.296. The predicted molar refractivity (Wildman–Crippen MR) is 130 cm³/mol. The van der Waals surface area contributed by atoms with Gasteiger partial charge >= 0.3 is 5.97 Å². The lowest BCUT2D eigenvalue weighted by Crippen LogP contribution is -2.01. The van der Waals surface area contributed by atoms with Crippen molar-refractivity contribution in [2.45, 2.75) is 40.5 Å². The molecule has 5 rings (SSSR count). The Morgan fingerprint density at radius 2 is 1.44 bits per heavy atom. The monoisotopic (exact) mass is 426 g/mol. The predicted octanol–water partition coefficient (Wildman–Crippen LogP) is 6.85. The Balaban J connectivity index is 0.000000139. The molecule has 0 saturated heterocycles. The molecule has 1 unspecified atom stereocenters. The number of hydrogen-bond acceptors (Lipinski definition) is 3. The zero-order valence-corrected chi connectivity index (χ0v) is 19.3. The molecule has 3 aliphatic rings. The van der Waals surface area contributed by atoms with Crippen molar-refractivity contribution < 1.29 is 14.3 Å². The lowest BCUT2D eigenvalue weighted by Gasteiger charge is -2.12. The van der Waals surface area contributed by atoms with E-state index in [0.29, 0.717) is 23.7 Å². The van der Waals surface area contributed by atoms with Crippen molar-refractivity contribution in [3.63, 3.8) is 0 Å². The van der Waals surface area contributed by atoms with Gasteiger partial charge in [0.2, 0.25) is 0 Å². The molecule has 32 heavy (non-hydrogen) atoms. The van der Waals surface area contributed by atoms with Crippen LogP contribution in [-0.2, 0) is 9.53 Å². The molecule has 0 N–H and O–H groups in total.